The third kappa shape index (κ3) is 6.96. The largest absolute Gasteiger partial charge is 0.257 e. The zero-order chi connectivity index (χ0) is 35.0. The molecule has 0 aliphatic carbocycles. The fourth-order valence-electron chi connectivity index (χ4n) is 4.99. The summed E-state index contributed by atoms with van der Waals surface area (Å²) >= 11 is 0. The predicted octanol–water partition coefficient (Wildman–Crippen LogP) is 8.79. The highest BCUT2D eigenvalue weighted by molar-refractivity contribution is 7.77. The number of allylic oxidation sites excluding steroid dienone is 5. The first-order valence-corrected chi connectivity index (χ1v) is 15.4. The van der Waals surface area contributed by atoms with E-state index >= 15 is 17.6 Å². The molecular weight excluding hydrogens is 652 g/mol. The summed E-state index contributed by atoms with van der Waals surface area (Å²) in [7, 11) is -1.92. The summed E-state index contributed by atoms with van der Waals surface area (Å²) in [5.41, 5.74) is -4.79. The minimum absolute atomic E-state index is 0.0239. The van der Waals surface area contributed by atoms with Gasteiger partial charge in [-0.15, -0.1) is 0 Å². The lowest BCUT2D eigenvalue weighted by atomic mass is 9.35. The van der Waals surface area contributed by atoms with Gasteiger partial charge in [0.25, 0.3) is 6.71 Å². The summed E-state index contributed by atoms with van der Waals surface area (Å²) in [5, 5.41) is 1.14. The van der Waals surface area contributed by atoms with Gasteiger partial charge in [0.05, 0.1) is 0 Å². The van der Waals surface area contributed by atoms with Gasteiger partial charge in [-0.3, -0.25) is 0 Å². The van der Waals surface area contributed by atoms with E-state index in [1.165, 1.54) is 13.0 Å². The third-order valence-corrected chi connectivity index (χ3v) is 9.79. The van der Waals surface area contributed by atoms with Crippen LogP contribution >= 0.6 is 7.92 Å². The Morgan fingerprint density at radius 1 is 0.574 bits per heavy atom. The number of halogens is 10. The van der Waals surface area contributed by atoms with Gasteiger partial charge in [-0.1, -0.05) is 111 Å². The fourth-order valence-corrected chi connectivity index (χ4v) is 7.58. The monoisotopic (exact) mass is 678 g/mol. The van der Waals surface area contributed by atoms with E-state index in [9.17, 15) is 26.3 Å². The molecule has 0 radical (unpaired) electrons. The van der Waals surface area contributed by atoms with Crippen LogP contribution in [0, 0.1) is 63.6 Å². The van der Waals surface area contributed by atoms with E-state index in [4.69, 9.17) is 0 Å². The van der Waals surface area contributed by atoms with E-state index in [0.29, 0.717) is 10.6 Å². The molecule has 0 heterocycles. The molecule has 12 heteroatoms. The molecule has 0 spiro atoms. The van der Waals surface area contributed by atoms with Crippen LogP contribution in [0.4, 0.5) is 43.9 Å². The number of benzene rings is 4. The van der Waals surface area contributed by atoms with Crippen molar-refractivity contribution in [2.75, 3.05) is 0 Å². The van der Waals surface area contributed by atoms with Crippen LogP contribution in [0.2, 0.25) is 0 Å². The number of rotatable bonds is 8. The van der Waals surface area contributed by atoms with E-state index in [-0.39, 0.29) is 10.9 Å². The molecule has 0 nitrogen and oxygen atoms in total. The van der Waals surface area contributed by atoms with Crippen LogP contribution in [0.3, 0.4) is 0 Å². The molecule has 4 aromatic carbocycles. The molecule has 47 heavy (non-hydrogen) atoms. The van der Waals surface area contributed by atoms with Crippen LogP contribution in [0.5, 0.6) is 0 Å². The predicted molar refractivity (Wildman–Crippen MR) is 167 cm³/mol. The Morgan fingerprint density at radius 3 is 1.19 bits per heavy atom. The maximum atomic E-state index is 15.7. The van der Waals surface area contributed by atoms with Crippen molar-refractivity contribution < 1.29 is 43.9 Å². The molecule has 0 fully saturated rings. The molecule has 0 unspecified atom stereocenters. The lowest BCUT2D eigenvalue weighted by Crippen LogP contribution is -2.52. The van der Waals surface area contributed by atoms with Crippen molar-refractivity contribution in [1.29, 1.82) is 0 Å². The molecule has 0 atom stereocenters. The van der Waals surface area contributed by atoms with Crippen molar-refractivity contribution in [3.05, 3.63) is 154 Å². The Kier molecular flexibility index (Phi) is 10.6. The molecule has 4 aromatic rings. The number of hydrogen-bond donors (Lipinski definition) is 0. The average molecular weight is 678 g/mol. The first kappa shape index (κ1) is 35.7. The van der Waals surface area contributed by atoms with Crippen LogP contribution in [0.25, 0.3) is 0 Å². The van der Waals surface area contributed by atoms with Gasteiger partial charge in [-0.05, 0) is 36.2 Å². The van der Waals surface area contributed by atoms with Gasteiger partial charge in [0, 0.05) is 10.9 Å². The number of hydrogen-bond acceptors (Lipinski definition) is 0. The first-order chi connectivity index (χ1) is 22.0. The minimum Gasteiger partial charge on any atom is -0.204 e. The van der Waals surface area contributed by atoms with Gasteiger partial charge in [0.2, 0.25) is 0 Å². The Balaban J connectivity index is 2.37. The van der Waals surface area contributed by atoms with Crippen molar-refractivity contribution in [1.82, 2.24) is 0 Å². The summed E-state index contributed by atoms with van der Waals surface area (Å²) in [6.07, 6.45) is 2.56. The Bertz CT molecular complexity index is 1730. The molecule has 244 valence electrons. The maximum absolute atomic E-state index is 15.7. The third-order valence-electron chi connectivity index (χ3n) is 7.07. The Morgan fingerprint density at radius 2 is 0.894 bits per heavy atom. The molecule has 0 aliphatic rings. The standard InChI is InChI=1S/C35H26BF10P/c1-18(2)34(47(19-12-8-6-9-13-19)20-14-10-7-11-15-20)21(16-17-35(3,4)5)36(22-24(37)28(41)32(45)29(42)25(22)38)23-26(39)30(43)33(46)31(44)27(23)40/h6-17H,1H2,2-5H3/b17-16+,34-21+. The highest BCUT2D eigenvalue weighted by atomic mass is 31.1. The SMILES string of the molecule is C=C(C)/C(=C(/C=C/C(C)(C)C)B(c1c(F)c(F)c(F)c(F)c1F)c1c(F)c(F)c(F)c(F)c1F)P(c1ccccc1)c1ccccc1. The van der Waals surface area contributed by atoms with Crippen molar-refractivity contribution in [3.8, 4) is 0 Å². The second-order valence-electron chi connectivity index (χ2n) is 11.7. The lowest BCUT2D eigenvalue weighted by molar-refractivity contribution is 0.382. The van der Waals surface area contributed by atoms with E-state index in [0.717, 1.165) is 6.08 Å². The van der Waals surface area contributed by atoms with Crippen LogP contribution in [0.1, 0.15) is 27.7 Å². The van der Waals surface area contributed by atoms with E-state index in [1.54, 1.807) is 81.4 Å². The maximum Gasteiger partial charge on any atom is 0.257 e. The van der Waals surface area contributed by atoms with Gasteiger partial charge in [0.1, 0.15) is 0 Å². The summed E-state index contributed by atoms with van der Waals surface area (Å²) in [6.45, 7) is 7.68. The summed E-state index contributed by atoms with van der Waals surface area (Å²) in [6, 6.07) is 16.8. The molecular formula is C35H26BF10P. The molecule has 4 rings (SSSR count). The van der Waals surface area contributed by atoms with Crippen LogP contribution < -0.4 is 21.5 Å². The molecule has 0 aliphatic heterocycles. The van der Waals surface area contributed by atoms with Crippen molar-refractivity contribution in [2.24, 2.45) is 5.41 Å². The van der Waals surface area contributed by atoms with Crippen molar-refractivity contribution in [2.45, 2.75) is 27.7 Å². The summed E-state index contributed by atoms with van der Waals surface area (Å²) < 4.78 is 151. The molecule has 0 bridgehead atoms. The quantitative estimate of drug-likeness (QED) is 0.0437. The first-order valence-electron chi connectivity index (χ1n) is 14.0. The van der Waals surface area contributed by atoms with Gasteiger partial charge in [0.15, 0.2) is 58.2 Å². The smallest absolute Gasteiger partial charge is 0.204 e. The van der Waals surface area contributed by atoms with Crippen molar-refractivity contribution in [3.63, 3.8) is 0 Å². The normalized spacial score (nSPS) is 12.6. The average Bonchev–Trinajstić information content (AvgIpc) is 3.04. The molecule has 0 amide bonds. The van der Waals surface area contributed by atoms with Crippen LogP contribution in [0.15, 0.2) is 95.8 Å². The highest BCUT2D eigenvalue weighted by Gasteiger charge is 2.43. The zero-order valence-electron chi connectivity index (χ0n) is 25.4. The lowest BCUT2D eigenvalue weighted by Gasteiger charge is -2.29. The molecule has 0 saturated carbocycles. The van der Waals surface area contributed by atoms with Gasteiger partial charge in [-0.25, -0.2) is 43.9 Å². The highest BCUT2D eigenvalue weighted by Crippen LogP contribution is 2.49. The van der Waals surface area contributed by atoms with Gasteiger partial charge >= 0.3 is 0 Å². The second-order valence-corrected chi connectivity index (χ2v) is 13.8. The molecule has 0 saturated heterocycles. The molecule has 0 aromatic heterocycles. The Hall–Kier alpha value is -4.11. The van der Waals surface area contributed by atoms with Crippen LogP contribution in [-0.2, 0) is 0 Å². The van der Waals surface area contributed by atoms with Crippen molar-refractivity contribution >= 4 is 36.2 Å². The topological polar surface area (TPSA) is 0 Å². The molecule has 0 N–H and O–H groups in total. The van der Waals surface area contributed by atoms with E-state index < -0.39 is 94.6 Å². The van der Waals surface area contributed by atoms with Gasteiger partial charge < -0.3 is 0 Å². The zero-order valence-corrected chi connectivity index (χ0v) is 26.3. The van der Waals surface area contributed by atoms with Crippen LogP contribution in [-0.4, -0.2) is 6.71 Å². The second kappa shape index (κ2) is 13.9. The van der Waals surface area contributed by atoms with E-state index in [2.05, 4.69) is 6.58 Å². The summed E-state index contributed by atoms with van der Waals surface area (Å²) in [5.74, 6) is -25.1. The fraction of sp³-hybridized carbons (Fsp3) is 0.143. The Labute approximate surface area is 267 Å². The minimum atomic E-state index is -2.76. The van der Waals surface area contributed by atoms with E-state index in [1.807, 2.05) is 0 Å². The van der Waals surface area contributed by atoms with Gasteiger partial charge in [-0.2, -0.15) is 0 Å². The summed E-state index contributed by atoms with van der Waals surface area (Å²) in [4.78, 5) is 0.